The van der Waals surface area contributed by atoms with Gasteiger partial charge in [0.05, 0.1) is 12.7 Å². The monoisotopic (exact) mass is 520 g/mol. The average molecular weight is 520 g/mol. The minimum Gasteiger partial charge on any atom is -0.347 e. The lowest BCUT2D eigenvalue weighted by Crippen LogP contribution is -2.31. The molecule has 1 aliphatic rings. The summed E-state index contributed by atoms with van der Waals surface area (Å²) >= 11 is 0. The third-order valence-electron chi connectivity index (χ3n) is 7.68. The van der Waals surface area contributed by atoms with Crippen LogP contribution in [0.4, 0.5) is 0 Å². The lowest BCUT2D eigenvalue weighted by molar-refractivity contribution is -0.180. The molecule has 1 heterocycles. The fourth-order valence-corrected chi connectivity index (χ4v) is 5.24. The Labute approximate surface area is 232 Å². The number of nitrogens with zero attached hydrogens (tertiary/aromatic N) is 1. The Kier molecular flexibility index (Phi) is 22.7. The molecule has 37 heavy (non-hydrogen) atoms. The number of allylic oxidation sites excluding steroid dienone is 4. The number of ether oxygens (including phenoxy) is 2. The van der Waals surface area contributed by atoms with Crippen LogP contribution in [0.5, 0.6) is 0 Å². The lowest BCUT2D eigenvalue weighted by Gasteiger charge is -2.29. The van der Waals surface area contributed by atoms with E-state index >= 15 is 0 Å². The summed E-state index contributed by atoms with van der Waals surface area (Å²) in [4.78, 5) is 2.25. The van der Waals surface area contributed by atoms with Gasteiger partial charge in [-0.15, -0.1) is 0 Å². The molecule has 2 atom stereocenters. The van der Waals surface area contributed by atoms with Gasteiger partial charge in [0.15, 0.2) is 5.79 Å². The minimum atomic E-state index is -0.301. The van der Waals surface area contributed by atoms with E-state index in [1.165, 1.54) is 122 Å². The molecule has 0 spiro atoms. The van der Waals surface area contributed by atoms with Crippen LogP contribution in [0, 0.1) is 0 Å². The van der Waals surface area contributed by atoms with Crippen molar-refractivity contribution in [2.75, 3.05) is 27.2 Å². The second kappa shape index (κ2) is 24.4. The highest BCUT2D eigenvalue weighted by Gasteiger charge is 2.40. The molecular formula is C34H65NO2. The predicted octanol–water partition coefficient (Wildman–Crippen LogP) is 10.4. The fourth-order valence-electron chi connectivity index (χ4n) is 5.24. The van der Waals surface area contributed by atoms with Gasteiger partial charge in [-0.25, -0.2) is 0 Å². The Hall–Kier alpha value is -0.640. The molecule has 1 saturated heterocycles. The van der Waals surface area contributed by atoms with E-state index in [1.54, 1.807) is 0 Å². The van der Waals surface area contributed by atoms with Crippen LogP contribution >= 0.6 is 0 Å². The van der Waals surface area contributed by atoms with Crippen LogP contribution in [0.2, 0.25) is 0 Å². The Morgan fingerprint density at radius 2 is 1.11 bits per heavy atom. The Balaban J connectivity index is 2.22. The Morgan fingerprint density at radius 3 is 1.62 bits per heavy atom. The maximum atomic E-state index is 6.63. The average Bonchev–Trinajstić information content (AvgIpc) is 3.30. The van der Waals surface area contributed by atoms with Crippen molar-refractivity contribution in [2.45, 2.75) is 167 Å². The third-order valence-corrected chi connectivity index (χ3v) is 7.68. The zero-order chi connectivity index (χ0) is 26.9. The molecule has 0 amide bonds. The van der Waals surface area contributed by atoms with Gasteiger partial charge in [-0.2, -0.15) is 0 Å². The molecule has 3 nitrogen and oxygen atoms in total. The van der Waals surface area contributed by atoms with Crippen LogP contribution in [0.1, 0.15) is 155 Å². The maximum Gasteiger partial charge on any atom is 0.168 e. The maximum absolute atomic E-state index is 6.63. The normalized spacial score (nSPS) is 20.3. The van der Waals surface area contributed by atoms with Crippen molar-refractivity contribution in [1.29, 1.82) is 0 Å². The van der Waals surface area contributed by atoms with E-state index in [2.05, 4.69) is 57.1 Å². The van der Waals surface area contributed by atoms with Crippen LogP contribution in [-0.4, -0.2) is 44.0 Å². The highest BCUT2D eigenvalue weighted by molar-refractivity contribution is 4.82. The second-order valence-electron chi connectivity index (χ2n) is 11.7. The van der Waals surface area contributed by atoms with Gasteiger partial charge in [-0.1, -0.05) is 109 Å². The van der Waals surface area contributed by atoms with Gasteiger partial charge < -0.3 is 14.4 Å². The minimum absolute atomic E-state index is 0.272. The topological polar surface area (TPSA) is 21.7 Å². The highest BCUT2D eigenvalue weighted by Crippen LogP contribution is 2.35. The first-order valence-corrected chi connectivity index (χ1v) is 16.4. The molecule has 1 aliphatic heterocycles. The summed E-state index contributed by atoms with van der Waals surface area (Å²) in [6.45, 7) is 6.37. The van der Waals surface area contributed by atoms with Crippen LogP contribution in [-0.2, 0) is 9.47 Å². The van der Waals surface area contributed by atoms with Gasteiger partial charge >= 0.3 is 0 Å². The van der Waals surface area contributed by atoms with E-state index in [0.29, 0.717) is 0 Å². The number of hydrogen-bond acceptors (Lipinski definition) is 3. The first-order chi connectivity index (χ1) is 18.1. The molecule has 2 unspecified atom stereocenters. The molecule has 0 saturated carbocycles. The van der Waals surface area contributed by atoms with Gasteiger partial charge in [0.25, 0.3) is 0 Å². The molecule has 3 heteroatoms. The van der Waals surface area contributed by atoms with E-state index in [9.17, 15) is 0 Å². The summed E-state index contributed by atoms with van der Waals surface area (Å²) in [5.41, 5.74) is 0. The molecular weight excluding hydrogens is 454 g/mol. The summed E-state index contributed by atoms with van der Waals surface area (Å²) in [5.74, 6) is -0.301. The quantitative estimate of drug-likeness (QED) is 0.0838. The third kappa shape index (κ3) is 20.0. The first-order valence-electron chi connectivity index (χ1n) is 16.4. The van der Waals surface area contributed by atoms with E-state index in [0.717, 1.165) is 32.4 Å². The van der Waals surface area contributed by atoms with Crippen molar-refractivity contribution in [3.05, 3.63) is 24.3 Å². The summed E-state index contributed by atoms with van der Waals surface area (Å²) in [5, 5.41) is 0. The molecule has 0 aliphatic carbocycles. The molecule has 0 N–H and O–H groups in total. The van der Waals surface area contributed by atoms with Gasteiger partial charge in [0.1, 0.15) is 0 Å². The summed E-state index contributed by atoms with van der Waals surface area (Å²) in [6, 6.07) is 0. The van der Waals surface area contributed by atoms with Gasteiger partial charge in [-0.05, 0) is 71.9 Å². The summed E-state index contributed by atoms with van der Waals surface area (Å²) in [6.07, 6.45) is 37.9. The van der Waals surface area contributed by atoms with Crippen LogP contribution in [0.3, 0.4) is 0 Å². The number of unbranched alkanes of at least 4 members (excludes halogenated alkanes) is 15. The Bertz CT molecular complexity index is 544. The molecule has 0 radical (unpaired) electrons. The summed E-state index contributed by atoms with van der Waals surface area (Å²) < 4.78 is 13.0. The van der Waals surface area contributed by atoms with Crippen LogP contribution in [0.25, 0.3) is 0 Å². The van der Waals surface area contributed by atoms with Crippen molar-refractivity contribution < 1.29 is 9.47 Å². The molecule has 0 aromatic heterocycles. The van der Waals surface area contributed by atoms with E-state index in [-0.39, 0.29) is 11.9 Å². The highest BCUT2D eigenvalue weighted by atomic mass is 16.7. The molecule has 0 aromatic carbocycles. The van der Waals surface area contributed by atoms with Crippen LogP contribution in [0.15, 0.2) is 24.3 Å². The zero-order valence-electron chi connectivity index (χ0n) is 25.6. The number of hydrogen-bond donors (Lipinski definition) is 0. The first kappa shape index (κ1) is 34.4. The van der Waals surface area contributed by atoms with Crippen molar-refractivity contribution >= 4 is 0 Å². The zero-order valence-corrected chi connectivity index (χ0v) is 25.6. The molecule has 1 rings (SSSR count). The van der Waals surface area contributed by atoms with E-state index in [1.807, 2.05) is 0 Å². The van der Waals surface area contributed by atoms with Gasteiger partial charge in [0.2, 0.25) is 0 Å². The molecule has 1 fully saturated rings. The standard InChI is InChI=1S/C34H65NO2/c1-5-7-9-11-13-15-17-19-21-23-25-27-30-34(36-32-33(37-34)28-31-35(3)4)29-26-24-22-20-18-16-14-12-10-8-6-2/h10-13,33H,5-9,14-32H2,1-4H3/b12-10-,13-11-. The van der Waals surface area contributed by atoms with E-state index in [4.69, 9.17) is 9.47 Å². The van der Waals surface area contributed by atoms with Crippen molar-refractivity contribution in [3.63, 3.8) is 0 Å². The smallest absolute Gasteiger partial charge is 0.168 e. The predicted molar refractivity (Wildman–Crippen MR) is 163 cm³/mol. The Morgan fingerprint density at radius 1 is 0.622 bits per heavy atom. The molecule has 0 aromatic rings. The van der Waals surface area contributed by atoms with Crippen molar-refractivity contribution in [3.8, 4) is 0 Å². The molecule has 0 bridgehead atoms. The van der Waals surface area contributed by atoms with Gasteiger partial charge in [-0.3, -0.25) is 0 Å². The van der Waals surface area contributed by atoms with Crippen molar-refractivity contribution in [2.24, 2.45) is 0 Å². The molecule has 218 valence electrons. The van der Waals surface area contributed by atoms with Crippen LogP contribution < -0.4 is 0 Å². The largest absolute Gasteiger partial charge is 0.347 e. The SMILES string of the molecule is CCC/C=C\CCCCCCCCC1(CCCCCCCC/C=C\CCCC)OCC(CCN(C)C)O1. The lowest BCUT2D eigenvalue weighted by atomic mass is 9.98. The summed E-state index contributed by atoms with van der Waals surface area (Å²) in [7, 11) is 4.29. The van der Waals surface area contributed by atoms with Crippen molar-refractivity contribution in [1.82, 2.24) is 4.90 Å². The number of rotatable bonds is 26. The van der Waals surface area contributed by atoms with Gasteiger partial charge in [0, 0.05) is 19.4 Å². The fraction of sp³-hybridized carbons (Fsp3) is 0.882. The van der Waals surface area contributed by atoms with E-state index < -0.39 is 0 Å². The second-order valence-corrected chi connectivity index (χ2v) is 11.7.